The van der Waals surface area contributed by atoms with E-state index in [1.165, 1.54) is 11.3 Å². The molecule has 0 spiro atoms. The standard InChI is InChI=1S/C14H23BrN2O2S2/c1-3-11-7-5-4-6-8-17(11)21(18,19)13-9-12(10-16-2)20-14(13)15/h9,11,16H,3-8,10H2,1-2H3. The van der Waals surface area contributed by atoms with E-state index in [2.05, 4.69) is 28.2 Å². The first-order valence-corrected chi connectivity index (χ1v) is 10.5. The molecular formula is C14H23BrN2O2S2. The van der Waals surface area contributed by atoms with Gasteiger partial charge in [0.05, 0.1) is 3.79 Å². The topological polar surface area (TPSA) is 49.4 Å². The van der Waals surface area contributed by atoms with Crippen molar-refractivity contribution in [1.82, 2.24) is 9.62 Å². The van der Waals surface area contributed by atoms with Gasteiger partial charge < -0.3 is 5.32 Å². The van der Waals surface area contributed by atoms with Crippen LogP contribution < -0.4 is 5.32 Å². The molecule has 1 N–H and O–H groups in total. The summed E-state index contributed by atoms with van der Waals surface area (Å²) in [5.74, 6) is 0. The van der Waals surface area contributed by atoms with Crippen molar-refractivity contribution in [3.05, 3.63) is 14.7 Å². The molecule has 0 aliphatic carbocycles. The summed E-state index contributed by atoms with van der Waals surface area (Å²) in [6.07, 6.45) is 5.06. The lowest BCUT2D eigenvalue weighted by Crippen LogP contribution is -2.39. The maximum absolute atomic E-state index is 13.0. The fourth-order valence-electron chi connectivity index (χ4n) is 2.84. The zero-order valence-electron chi connectivity index (χ0n) is 12.6. The van der Waals surface area contributed by atoms with Crippen LogP contribution in [0.3, 0.4) is 0 Å². The fraction of sp³-hybridized carbons (Fsp3) is 0.714. The second kappa shape index (κ2) is 7.55. The number of nitrogens with zero attached hydrogens (tertiary/aromatic N) is 1. The molecule has 2 rings (SSSR count). The van der Waals surface area contributed by atoms with Crippen LogP contribution in [0.5, 0.6) is 0 Å². The van der Waals surface area contributed by atoms with Crippen molar-refractivity contribution in [2.24, 2.45) is 0 Å². The maximum Gasteiger partial charge on any atom is 0.245 e. The van der Waals surface area contributed by atoms with Gasteiger partial charge >= 0.3 is 0 Å². The molecule has 4 nitrogen and oxygen atoms in total. The Morgan fingerprint density at radius 1 is 1.43 bits per heavy atom. The molecule has 0 radical (unpaired) electrons. The van der Waals surface area contributed by atoms with Gasteiger partial charge in [0.15, 0.2) is 0 Å². The minimum Gasteiger partial charge on any atom is -0.315 e. The monoisotopic (exact) mass is 394 g/mol. The van der Waals surface area contributed by atoms with Crippen molar-refractivity contribution in [1.29, 1.82) is 0 Å². The molecule has 7 heteroatoms. The smallest absolute Gasteiger partial charge is 0.245 e. The van der Waals surface area contributed by atoms with Crippen LogP contribution in [-0.4, -0.2) is 32.4 Å². The first kappa shape index (κ1) is 17.4. The van der Waals surface area contributed by atoms with E-state index in [0.29, 0.717) is 21.8 Å². The molecule has 0 aromatic carbocycles. The van der Waals surface area contributed by atoms with Crippen molar-refractivity contribution >= 4 is 37.3 Å². The molecule has 1 fully saturated rings. The highest BCUT2D eigenvalue weighted by molar-refractivity contribution is 9.11. The van der Waals surface area contributed by atoms with Crippen LogP contribution in [0.2, 0.25) is 0 Å². The number of rotatable bonds is 5. The Labute approximate surface area is 140 Å². The Morgan fingerprint density at radius 3 is 2.86 bits per heavy atom. The maximum atomic E-state index is 13.0. The van der Waals surface area contributed by atoms with Crippen molar-refractivity contribution in [3.8, 4) is 0 Å². The first-order chi connectivity index (χ1) is 10.0. The minimum absolute atomic E-state index is 0.136. The Balaban J connectivity index is 2.35. The normalized spacial score (nSPS) is 21.4. The molecule has 1 aromatic heterocycles. The van der Waals surface area contributed by atoms with Crippen molar-refractivity contribution in [2.45, 2.75) is 56.5 Å². The highest BCUT2D eigenvalue weighted by atomic mass is 79.9. The van der Waals surface area contributed by atoms with Gasteiger partial charge in [-0.1, -0.05) is 19.8 Å². The molecule has 1 aromatic rings. The molecule has 21 heavy (non-hydrogen) atoms. The van der Waals surface area contributed by atoms with Crippen LogP contribution in [0.25, 0.3) is 0 Å². The molecule has 1 atom stereocenters. The van der Waals surface area contributed by atoms with Crippen LogP contribution in [0.4, 0.5) is 0 Å². The molecule has 1 aliphatic heterocycles. The number of nitrogens with one attached hydrogen (secondary N) is 1. The Hall–Kier alpha value is 0.0500. The lowest BCUT2D eigenvalue weighted by atomic mass is 10.1. The summed E-state index contributed by atoms with van der Waals surface area (Å²) < 4.78 is 28.5. The zero-order valence-corrected chi connectivity index (χ0v) is 15.8. The average molecular weight is 395 g/mol. The van der Waals surface area contributed by atoms with E-state index in [1.807, 2.05) is 7.05 Å². The van der Waals surface area contributed by atoms with Crippen LogP contribution in [0, 0.1) is 0 Å². The van der Waals surface area contributed by atoms with Crippen molar-refractivity contribution in [2.75, 3.05) is 13.6 Å². The van der Waals surface area contributed by atoms with Gasteiger partial charge in [-0.15, -0.1) is 11.3 Å². The van der Waals surface area contributed by atoms with E-state index in [-0.39, 0.29) is 6.04 Å². The Morgan fingerprint density at radius 2 is 2.19 bits per heavy atom. The van der Waals surface area contributed by atoms with E-state index in [1.54, 1.807) is 10.4 Å². The number of thiophene rings is 1. The summed E-state index contributed by atoms with van der Waals surface area (Å²) in [6.45, 7) is 3.41. The SMILES string of the molecule is CCC1CCCCCN1S(=O)(=O)c1cc(CNC)sc1Br. The van der Waals surface area contributed by atoms with Crippen molar-refractivity contribution in [3.63, 3.8) is 0 Å². The molecule has 120 valence electrons. The Bertz CT molecular complexity index is 572. The lowest BCUT2D eigenvalue weighted by Gasteiger charge is -2.28. The second-order valence-corrected chi connectivity index (χ2v) is 9.72. The van der Waals surface area contributed by atoms with Gasteiger partial charge in [0, 0.05) is 24.0 Å². The van der Waals surface area contributed by atoms with Gasteiger partial charge in [-0.25, -0.2) is 8.42 Å². The second-order valence-electron chi connectivity index (χ2n) is 5.41. The predicted molar refractivity (Wildman–Crippen MR) is 91.2 cm³/mol. The highest BCUT2D eigenvalue weighted by Gasteiger charge is 2.33. The van der Waals surface area contributed by atoms with E-state index >= 15 is 0 Å². The number of sulfonamides is 1. The van der Waals surface area contributed by atoms with E-state index in [4.69, 9.17) is 0 Å². The van der Waals surface area contributed by atoms with Crippen molar-refractivity contribution < 1.29 is 8.42 Å². The summed E-state index contributed by atoms with van der Waals surface area (Å²) in [5, 5.41) is 3.07. The minimum atomic E-state index is -3.41. The highest BCUT2D eigenvalue weighted by Crippen LogP contribution is 2.35. The van der Waals surface area contributed by atoms with Crippen LogP contribution in [0.1, 0.15) is 43.9 Å². The van der Waals surface area contributed by atoms with E-state index < -0.39 is 10.0 Å². The molecule has 0 amide bonds. The van der Waals surface area contributed by atoms with Gasteiger partial charge in [-0.2, -0.15) is 4.31 Å². The third-order valence-corrected chi connectivity index (χ3v) is 8.14. The lowest BCUT2D eigenvalue weighted by molar-refractivity contribution is 0.315. The largest absolute Gasteiger partial charge is 0.315 e. The summed E-state index contributed by atoms with van der Waals surface area (Å²) in [5.41, 5.74) is 0. The van der Waals surface area contributed by atoms with E-state index in [9.17, 15) is 8.42 Å². The molecule has 1 unspecified atom stereocenters. The van der Waals surface area contributed by atoms with Crippen LogP contribution >= 0.6 is 27.3 Å². The van der Waals surface area contributed by atoms with Crippen LogP contribution in [-0.2, 0) is 16.6 Å². The third kappa shape index (κ3) is 3.88. The summed E-state index contributed by atoms with van der Waals surface area (Å²) in [4.78, 5) is 1.46. The van der Waals surface area contributed by atoms with E-state index in [0.717, 1.165) is 37.0 Å². The average Bonchev–Trinajstić information content (AvgIpc) is 2.68. The number of hydrogen-bond acceptors (Lipinski definition) is 4. The van der Waals surface area contributed by atoms with Gasteiger partial charge in [-0.05, 0) is 48.3 Å². The molecule has 1 saturated heterocycles. The molecule has 2 heterocycles. The summed E-state index contributed by atoms with van der Waals surface area (Å²) >= 11 is 4.93. The fourth-order valence-corrected chi connectivity index (χ4v) is 7.25. The van der Waals surface area contributed by atoms with Gasteiger partial charge in [0.2, 0.25) is 10.0 Å². The number of hydrogen-bond donors (Lipinski definition) is 1. The molecule has 0 bridgehead atoms. The molecule has 0 saturated carbocycles. The van der Waals surface area contributed by atoms with Crippen LogP contribution in [0.15, 0.2) is 14.7 Å². The molecular weight excluding hydrogens is 372 g/mol. The third-order valence-electron chi connectivity index (χ3n) is 3.94. The summed E-state index contributed by atoms with van der Waals surface area (Å²) in [7, 11) is -1.54. The van der Waals surface area contributed by atoms with Gasteiger partial charge in [-0.3, -0.25) is 0 Å². The summed E-state index contributed by atoms with van der Waals surface area (Å²) in [6, 6.07) is 1.94. The quantitative estimate of drug-likeness (QED) is 0.829. The van der Waals surface area contributed by atoms with Gasteiger partial charge in [0.25, 0.3) is 0 Å². The molecule has 1 aliphatic rings. The predicted octanol–water partition coefficient (Wildman–Crippen LogP) is 3.57. The first-order valence-electron chi connectivity index (χ1n) is 7.45. The Kier molecular flexibility index (Phi) is 6.25. The van der Waals surface area contributed by atoms with Gasteiger partial charge in [0.1, 0.15) is 4.90 Å². The zero-order chi connectivity index (χ0) is 15.5. The number of halogens is 1.